The Bertz CT molecular complexity index is 658. The minimum atomic E-state index is -0.677. The molecule has 0 saturated heterocycles. The third kappa shape index (κ3) is 9.00. The highest BCUT2D eigenvalue weighted by Crippen LogP contribution is 2.20. The van der Waals surface area contributed by atoms with Crippen molar-refractivity contribution in [1.29, 1.82) is 0 Å². The fourth-order valence-electron chi connectivity index (χ4n) is 3.00. The number of aliphatic carboxylic acids is 1. The Labute approximate surface area is 161 Å². The minimum Gasteiger partial charge on any atom is -0.481 e. The lowest BCUT2D eigenvalue weighted by Gasteiger charge is -1.99. The van der Waals surface area contributed by atoms with Gasteiger partial charge in [-0.05, 0) is 62.3 Å². The van der Waals surface area contributed by atoms with Gasteiger partial charge in [-0.15, -0.1) is 11.3 Å². The van der Waals surface area contributed by atoms with E-state index in [0.29, 0.717) is 6.42 Å². The number of carbonyl (C=O) groups is 1. The largest absolute Gasteiger partial charge is 0.481 e. The number of carboxylic acids is 1. The topological polar surface area (TPSA) is 37.3 Å². The van der Waals surface area contributed by atoms with Crippen molar-refractivity contribution >= 4 is 23.4 Å². The summed E-state index contributed by atoms with van der Waals surface area (Å²) < 4.78 is 0. The van der Waals surface area contributed by atoms with Gasteiger partial charge in [0.25, 0.3) is 0 Å². The second-order valence-corrected chi connectivity index (χ2v) is 7.95. The molecule has 0 unspecified atom stereocenters. The molecule has 26 heavy (non-hydrogen) atoms. The van der Waals surface area contributed by atoms with Gasteiger partial charge in [0.1, 0.15) is 0 Å². The molecule has 0 bridgehead atoms. The smallest absolute Gasteiger partial charge is 0.303 e. The monoisotopic (exact) mass is 370 g/mol. The number of aryl methyl sites for hydroxylation is 2. The van der Waals surface area contributed by atoms with Crippen LogP contribution >= 0.6 is 11.3 Å². The van der Waals surface area contributed by atoms with Crippen LogP contribution in [0, 0.1) is 0 Å². The first-order chi connectivity index (χ1) is 12.7. The molecule has 1 aromatic heterocycles. The van der Waals surface area contributed by atoms with Crippen LogP contribution in [0.25, 0.3) is 6.08 Å². The molecule has 0 aliphatic heterocycles. The van der Waals surface area contributed by atoms with Crippen LogP contribution in [0.15, 0.2) is 48.5 Å². The van der Waals surface area contributed by atoms with Crippen molar-refractivity contribution in [3.8, 4) is 0 Å². The first-order valence-corrected chi connectivity index (χ1v) is 10.6. The van der Waals surface area contributed by atoms with Gasteiger partial charge in [-0.3, -0.25) is 4.79 Å². The van der Waals surface area contributed by atoms with Crippen LogP contribution in [0.1, 0.15) is 66.7 Å². The highest BCUT2D eigenvalue weighted by molar-refractivity contribution is 7.12. The van der Waals surface area contributed by atoms with Crippen molar-refractivity contribution in [2.45, 2.75) is 64.2 Å². The molecule has 1 heterocycles. The standard InChI is InChI=1S/C23H30O2S/c24-23(25)17-10-5-3-1-2-4-9-15-21-18-19-22(26-21)16-11-14-20-12-7-6-8-13-20/h6-9,12-13,15,18-19H,1-5,10-11,14,16-17H2,(H,24,25)/b15-9+. The molecule has 2 nitrogen and oxygen atoms in total. The molecule has 0 saturated carbocycles. The summed E-state index contributed by atoms with van der Waals surface area (Å²) >= 11 is 1.90. The maximum absolute atomic E-state index is 10.4. The molecule has 140 valence electrons. The van der Waals surface area contributed by atoms with Gasteiger partial charge in [0, 0.05) is 16.2 Å². The summed E-state index contributed by atoms with van der Waals surface area (Å²) in [5.74, 6) is -0.677. The number of thiophene rings is 1. The fraction of sp³-hybridized carbons (Fsp3) is 0.435. The second-order valence-electron chi connectivity index (χ2n) is 6.75. The van der Waals surface area contributed by atoms with Crippen LogP contribution in [0.5, 0.6) is 0 Å². The SMILES string of the molecule is O=C(O)CCCCCCC/C=C/c1ccc(CCCc2ccccc2)s1. The van der Waals surface area contributed by atoms with Crippen molar-refractivity contribution in [3.63, 3.8) is 0 Å². The summed E-state index contributed by atoms with van der Waals surface area (Å²) in [6.07, 6.45) is 14.8. The van der Waals surface area contributed by atoms with E-state index in [4.69, 9.17) is 5.11 Å². The van der Waals surface area contributed by atoms with E-state index in [2.05, 4.69) is 54.6 Å². The van der Waals surface area contributed by atoms with Crippen molar-refractivity contribution in [2.24, 2.45) is 0 Å². The Morgan fingerprint density at radius 3 is 2.46 bits per heavy atom. The molecule has 0 atom stereocenters. The number of rotatable bonds is 13. The molecule has 0 aliphatic rings. The van der Waals surface area contributed by atoms with E-state index in [-0.39, 0.29) is 0 Å². The number of benzene rings is 1. The van der Waals surface area contributed by atoms with E-state index in [0.717, 1.165) is 38.5 Å². The number of unbranched alkanes of at least 4 members (excludes halogenated alkanes) is 5. The molecule has 0 aliphatic carbocycles. The van der Waals surface area contributed by atoms with Gasteiger partial charge in [0.15, 0.2) is 0 Å². The Hall–Kier alpha value is -1.87. The highest BCUT2D eigenvalue weighted by atomic mass is 32.1. The van der Waals surface area contributed by atoms with Crippen LogP contribution in [0.2, 0.25) is 0 Å². The quantitative estimate of drug-likeness (QED) is 0.396. The maximum atomic E-state index is 10.4. The van der Waals surface area contributed by atoms with Gasteiger partial charge in [-0.2, -0.15) is 0 Å². The molecule has 0 spiro atoms. The molecule has 1 N–H and O–H groups in total. The van der Waals surface area contributed by atoms with Gasteiger partial charge in [0.05, 0.1) is 0 Å². The first-order valence-electron chi connectivity index (χ1n) is 9.75. The van der Waals surface area contributed by atoms with E-state index in [1.807, 2.05) is 11.3 Å². The second kappa shape index (κ2) is 12.5. The lowest BCUT2D eigenvalue weighted by Crippen LogP contribution is -1.93. The van der Waals surface area contributed by atoms with Gasteiger partial charge in [-0.25, -0.2) is 0 Å². The van der Waals surface area contributed by atoms with Crippen LogP contribution in [-0.4, -0.2) is 11.1 Å². The third-order valence-corrected chi connectivity index (χ3v) is 5.57. The van der Waals surface area contributed by atoms with Crippen LogP contribution < -0.4 is 0 Å². The normalized spacial score (nSPS) is 11.2. The van der Waals surface area contributed by atoms with Crippen LogP contribution in [0.3, 0.4) is 0 Å². The van der Waals surface area contributed by atoms with Crippen molar-refractivity contribution in [2.75, 3.05) is 0 Å². The third-order valence-electron chi connectivity index (χ3n) is 4.46. The first kappa shape index (κ1) is 20.4. The predicted octanol–water partition coefficient (Wildman–Crippen LogP) is 6.75. The summed E-state index contributed by atoms with van der Waals surface area (Å²) in [7, 11) is 0. The van der Waals surface area contributed by atoms with Gasteiger partial charge in [-0.1, -0.05) is 55.7 Å². The molecule has 1 aromatic carbocycles. The molecule has 0 radical (unpaired) electrons. The maximum Gasteiger partial charge on any atom is 0.303 e. The zero-order valence-corrected chi connectivity index (χ0v) is 16.3. The molecule has 0 amide bonds. The summed E-state index contributed by atoms with van der Waals surface area (Å²) in [4.78, 5) is 13.2. The fourth-order valence-corrected chi connectivity index (χ4v) is 3.98. The lowest BCUT2D eigenvalue weighted by molar-refractivity contribution is -0.137. The van der Waals surface area contributed by atoms with E-state index in [1.54, 1.807) is 0 Å². The van der Waals surface area contributed by atoms with Gasteiger partial charge < -0.3 is 5.11 Å². The zero-order chi connectivity index (χ0) is 18.5. The Morgan fingerprint density at radius 2 is 1.65 bits per heavy atom. The van der Waals surface area contributed by atoms with Crippen LogP contribution in [-0.2, 0) is 17.6 Å². The number of allylic oxidation sites excluding steroid dienone is 1. The average molecular weight is 371 g/mol. The number of carboxylic acid groups (broad SMARTS) is 1. The molecular weight excluding hydrogens is 340 g/mol. The van der Waals surface area contributed by atoms with Crippen molar-refractivity contribution in [3.05, 3.63) is 63.9 Å². The van der Waals surface area contributed by atoms with Crippen molar-refractivity contribution < 1.29 is 9.90 Å². The molecule has 0 fully saturated rings. The minimum absolute atomic E-state index is 0.311. The van der Waals surface area contributed by atoms with E-state index in [1.165, 1.54) is 34.6 Å². The van der Waals surface area contributed by atoms with E-state index >= 15 is 0 Å². The number of hydrogen-bond donors (Lipinski definition) is 1. The Balaban J connectivity index is 1.54. The molecule has 3 heteroatoms. The average Bonchev–Trinajstić information content (AvgIpc) is 3.09. The van der Waals surface area contributed by atoms with Crippen molar-refractivity contribution in [1.82, 2.24) is 0 Å². The summed E-state index contributed by atoms with van der Waals surface area (Å²) in [5.41, 5.74) is 1.42. The molecule has 2 aromatic rings. The predicted molar refractivity (Wildman–Crippen MR) is 112 cm³/mol. The highest BCUT2D eigenvalue weighted by Gasteiger charge is 1.99. The summed E-state index contributed by atoms with van der Waals surface area (Å²) in [6, 6.07) is 15.2. The Kier molecular flexibility index (Phi) is 9.81. The van der Waals surface area contributed by atoms with Crippen LogP contribution in [0.4, 0.5) is 0 Å². The molecule has 2 rings (SSSR count). The zero-order valence-electron chi connectivity index (χ0n) is 15.5. The molecular formula is C23H30O2S. The number of hydrogen-bond acceptors (Lipinski definition) is 2. The van der Waals surface area contributed by atoms with Gasteiger partial charge in [0.2, 0.25) is 0 Å². The van der Waals surface area contributed by atoms with E-state index in [9.17, 15) is 4.79 Å². The van der Waals surface area contributed by atoms with Gasteiger partial charge >= 0.3 is 5.97 Å². The summed E-state index contributed by atoms with van der Waals surface area (Å²) in [5, 5.41) is 8.59. The lowest BCUT2D eigenvalue weighted by atomic mass is 10.1. The van der Waals surface area contributed by atoms with E-state index < -0.39 is 5.97 Å². The summed E-state index contributed by atoms with van der Waals surface area (Å²) in [6.45, 7) is 0. The Morgan fingerprint density at radius 1 is 0.885 bits per heavy atom.